The van der Waals surface area contributed by atoms with Gasteiger partial charge in [-0.05, 0) is 62.9 Å². The zero-order valence-electron chi connectivity index (χ0n) is 19.8. The van der Waals surface area contributed by atoms with E-state index < -0.39 is 0 Å². The van der Waals surface area contributed by atoms with Gasteiger partial charge in [0.1, 0.15) is 5.75 Å². The summed E-state index contributed by atoms with van der Waals surface area (Å²) in [6.45, 7) is 6.94. The van der Waals surface area contributed by atoms with Crippen LogP contribution in [-0.2, 0) is 4.79 Å². The van der Waals surface area contributed by atoms with E-state index in [1.54, 1.807) is 7.11 Å². The average Bonchev–Trinajstić information content (AvgIpc) is 3.48. The number of halogens is 1. The zero-order valence-corrected chi connectivity index (χ0v) is 22.1. The first-order valence-electron chi connectivity index (χ1n) is 11.8. The summed E-state index contributed by atoms with van der Waals surface area (Å²) in [6.07, 6.45) is 6.15. The number of rotatable bonds is 10. The fourth-order valence-electron chi connectivity index (χ4n) is 4.74. The number of nitrogens with zero attached hydrogens (tertiary/aromatic N) is 3. The van der Waals surface area contributed by atoms with E-state index in [1.165, 1.54) is 18.4 Å². The highest BCUT2D eigenvalue weighted by molar-refractivity contribution is 14.0. The molecule has 32 heavy (non-hydrogen) atoms. The van der Waals surface area contributed by atoms with Gasteiger partial charge in [-0.15, -0.1) is 24.0 Å². The number of aliphatic imine (C=N–C) groups is 1. The molecule has 1 aromatic carbocycles. The van der Waals surface area contributed by atoms with Crippen molar-refractivity contribution in [3.63, 3.8) is 0 Å². The second-order valence-corrected chi connectivity index (χ2v) is 8.45. The van der Waals surface area contributed by atoms with Gasteiger partial charge in [0.2, 0.25) is 5.91 Å². The Hall–Kier alpha value is -1.55. The molecular formula is C24H40IN5O2. The molecule has 8 heteroatoms. The molecule has 0 bridgehead atoms. The molecule has 0 spiro atoms. The first-order chi connectivity index (χ1) is 15.2. The Labute approximate surface area is 210 Å². The molecule has 0 saturated carbocycles. The largest absolute Gasteiger partial charge is 0.497 e. The van der Waals surface area contributed by atoms with Crippen molar-refractivity contribution in [2.24, 2.45) is 4.99 Å². The quantitative estimate of drug-likeness (QED) is 0.262. The van der Waals surface area contributed by atoms with Crippen LogP contribution < -0.4 is 15.4 Å². The van der Waals surface area contributed by atoms with Gasteiger partial charge in [-0.2, -0.15) is 0 Å². The van der Waals surface area contributed by atoms with Crippen LogP contribution in [0, 0.1) is 0 Å². The Morgan fingerprint density at radius 3 is 2.41 bits per heavy atom. The highest BCUT2D eigenvalue weighted by atomic mass is 127. The number of hydrogen-bond donors (Lipinski definition) is 2. The van der Waals surface area contributed by atoms with E-state index >= 15 is 0 Å². The van der Waals surface area contributed by atoms with Crippen LogP contribution in [0.2, 0.25) is 0 Å². The van der Waals surface area contributed by atoms with Gasteiger partial charge >= 0.3 is 0 Å². The second-order valence-electron chi connectivity index (χ2n) is 8.45. The van der Waals surface area contributed by atoms with Crippen molar-refractivity contribution in [1.82, 2.24) is 20.4 Å². The van der Waals surface area contributed by atoms with Gasteiger partial charge < -0.3 is 20.3 Å². The minimum atomic E-state index is 0. The third-order valence-corrected chi connectivity index (χ3v) is 6.56. The molecule has 2 aliphatic heterocycles. The number of hydrogen-bond acceptors (Lipinski definition) is 4. The standard InChI is InChI=1S/C24H39N5O2.HI/c1-4-20(29-17-7-8-23(29)30)13-14-26-24(25-2)27-18-22(28-15-5-6-16-28)19-9-11-21(31-3)12-10-19;/h9-12,20,22H,4-8,13-18H2,1-3H3,(H2,25,26,27);1H. The third-order valence-electron chi connectivity index (χ3n) is 6.56. The lowest BCUT2D eigenvalue weighted by atomic mass is 10.1. The van der Waals surface area contributed by atoms with Crippen molar-refractivity contribution in [1.29, 1.82) is 0 Å². The lowest BCUT2D eigenvalue weighted by Gasteiger charge is -2.29. The summed E-state index contributed by atoms with van der Waals surface area (Å²) in [5.41, 5.74) is 1.30. The van der Waals surface area contributed by atoms with E-state index in [9.17, 15) is 4.79 Å². The second kappa shape index (κ2) is 13.9. The van der Waals surface area contributed by atoms with Crippen LogP contribution >= 0.6 is 24.0 Å². The van der Waals surface area contributed by atoms with Gasteiger partial charge in [0.15, 0.2) is 5.96 Å². The Morgan fingerprint density at radius 1 is 1.12 bits per heavy atom. The van der Waals surface area contributed by atoms with E-state index in [0.717, 1.165) is 63.7 Å². The number of benzene rings is 1. The summed E-state index contributed by atoms with van der Waals surface area (Å²) >= 11 is 0. The highest BCUT2D eigenvalue weighted by Gasteiger charge is 2.27. The van der Waals surface area contributed by atoms with Crippen molar-refractivity contribution in [3.8, 4) is 5.75 Å². The molecule has 2 saturated heterocycles. The lowest BCUT2D eigenvalue weighted by Crippen LogP contribution is -2.44. The molecule has 1 aromatic rings. The Balaban J connectivity index is 0.00000363. The number of ether oxygens (including phenoxy) is 1. The predicted octanol–water partition coefficient (Wildman–Crippen LogP) is 3.41. The maximum absolute atomic E-state index is 12.1. The molecule has 0 radical (unpaired) electrons. The Kier molecular flexibility index (Phi) is 11.6. The van der Waals surface area contributed by atoms with Crippen LogP contribution in [0.3, 0.4) is 0 Å². The number of carbonyl (C=O) groups excluding carboxylic acids is 1. The van der Waals surface area contributed by atoms with E-state index in [4.69, 9.17) is 4.74 Å². The summed E-state index contributed by atoms with van der Waals surface area (Å²) in [5, 5.41) is 6.98. The van der Waals surface area contributed by atoms with Crippen molar-refractivity contribution < 1.29 is 9.53 Å². The van der Waals surface area contributed by atoms with Gasteiger partial charge in [-0.25, -0.2) is 0 Å². The van der Waals surface area contributed by atoms with Crippen molar-refractivity contribution in [2.75, 3.05) is 46.9 Å². The van der Waals surface area contributed by atoms with Gasteiger partial charge in [0.25, 0.3) is 0 Å². The minimum absolute atomic E-state index is 0. The average molecular weight is 558 g/mol. The molecule has 2 N–H and O–H groups in total. The van der Waals surface area contributed by atoms with Crippen LogP contribution in [0.25, 0.3) is 0 Å². The molecule has 2 aliphatic rings. The molecule has 3 rings (SSSR count). The fraction of sp³-hybridized carbons (Fsp3) is 0.667. The topological polar surface area (TPSA) is 69.2 Å². The van der Waals surface area contributed by atoms with E-state index in [0.29, 0.717) is 24.4 Å². The zero-order chi connectivity index (χ0) is 22.1. The fourth-order valence-corrected chi connectivity index (χ4v) is 4.74. The molecule has 2 heterocycles. The third kappa shape index (κ3) is 7.23. The van der Waals surface area contributed by atoms with E-state index in [1.807, 2.05) is 19.2 Å². The first kappa shape index (κ1) is 26.7. The van der Waals surface area contributed by atoms with Gasteiger partial charge in [0.05, 0.1) is 13.2 Å². The lowest BCUT2D eigenvalue weighted by molar-refractivity contribution is -0.129. The number of amides is 1. The molecule has 0 aromatic heterocycles. The summed E-state index contributed by atoms with van der Waals surface area (Å²) < 4.78 is 5.32. The van der Waals surface area contributed by atoms with E-state index in [2.05, 4.69) is 44.5 Å². The van der Waals surface area contributed by atoms with Gasteiger partial charge in [-0.1, -0.05) is 19.1 Å². The van der Waals surface area contributed by atoms with Crippen LogP contribution in [0.4, 0.5) is 0 Å². The van der Waals surface area contributed by atoms with Crippen LogP contribution in [0.5, 0.6) is 5.75 Å². The summed E-state index contributed by atoms with van der Waals surface area (Å²) in [7, 11) is 3.52. The van der Waals surface area contributed by atoms with Crippen LogP contribution in [-0.4, -0.2) is 74.6 Å². The normalized spacial score (nSPS) is 18.9. The molecule has 2 unspecified atom stereocenters. The number of nitrogens with one attached hydrogen (secondary N) is 2. The first-order valence-corrected chi connectivity index (χ1v) is 11.8. The summed E-state index contributed by atoms with van der Waals surface area (Å²) in [5.74, 6) is 2.01. The number of methoxy groups -OCH3 is 1. The van der Waals surface area contributed by atoms with Crippen LogP contribution in [0.15, 0.2) is 29.3 Å². The number of guanidine groups is 1. The molecule has 2 atom stereocenters. The van der Waals surface area contributed by atoms with Crippen molar-refractivity contribution >= 4 is 35.8 Å². The molecule has 7 nitrogen and oxygen atoms in total. The predicted molar refractivity (Wildman–Crippen MR) is 141 cm³/mol. The summed E-state index contributed by atoms with van der Waals surface area (Å²) in [6, 6.07) is 9.03. The Morgan fingerprint density at radius 2 is 1.84 bits per heavy atom. The van der Waals surface area contributed by atoms with Gasteiger partial charge in [-0.3, -0.25) is 14.7 Å². The van der Waals surface area contributed by atoms with E-state index in [-0.39, 0.29) is 24.0 Å². The highest BCUT2D eigenvalue weighted by Crippen LogP contribution is 2.26. The number of likely N-dealkylation sites (tertiary alicyclic amines) is 2. The van der Waals surface area contributed by atoms with Crippen LogP contribution in [0.1, 0.15) is 57.1 Å². The van der Waals surface area contributed by atoms with Crippen molar-refractivity contribution in [3.05, 3.63) is 29.8 Å². The molecule has 1 amide bonds. The molecule has 0 aliphatic carbocycles. The van der Waals surface area contributed by atoms with Gasteiger partial charge in [0, 0.05) is 39.1 Å². The van der Waals surface area contributed by atoms with Crippen molar-refractivity contribution in [2.45, 2.75) is 57.5 Å². The minimum Gasteiger partial charge on any atom is -0.497 e. The maximum Gasteiger partial charge on any atom is 0.222 e. The Bertz CT molecular complexity index is 722. The SMILES string of the molecule is CCC(CCNC(=NC)NCC(c1ccc(OC)cc1)N1CCCC1)N1CCCC1=O.I. The number of carbonyl (C=O) groups is 1. The molecule has 2 fully saturated rings. The molecule has 180 valence electrons. The monoisotopic (exact) mass is 557 g/mol. The summed E-state index contributed by atoms with van der Waals surface area (Å²) in [4.78, 5) is 21.1. The maximum atomic E-state index is 12.1. The smallest absolute Gasteiger partial charge is 0.222 e. The molecular weight excluding hydrogens is 517 g/mol.